The number of carbonyl (C=O) groups excluding carboxylic acids is 1. The molecule has 1 unspecified atom stereocenters. The number of benzene rings is 1. The third-order valence-electron chi connectivity index (χ3n) is 4.13. The molecule has 2 aromatic rings. The Kier molecular flexibility index (Phi) is 4.14. The van der Waals surface area contributed by atoms with Crippen LogP contribution in [0.25, 0.3) is 11.0 Å². The largest absolute Gasteiger partial charge is 0.444 e. The summed E-state index contributed by atoms with van der Waals surface area (Å²) in [6, 6.07) is 5.85. The molecule has 0 saturated carbocycles. The van der Waals surface area contributed by atoms with Crippen LogP contribution in [0.15, 0.2) is 22.7 Å². The molecule has 1 aromatic carbocycles. The first-order chi connectivity index (χ1) is 11.0. The second-order valence-electron chi connectivity index (χ2n) is 8.28. The number of halogens is 1. The zero-order valence-electron chi connectivity index (χ0n) is 14.8. The van der Waals surface area contributed by atoms with Gasteiger partial charge in [-0.1, -0.05) is 29.8 Å². The van der Waals surface area contributed by atoms with Crippen LogP contribution >= 0.6 is 15.9 Å². The number of aromatic nitrogens is 2. The molecule has 0 aliphatic carbocycles. The molecule has 0 bridgehead atoms. The average Bonchev–Trinajstić information content (AvgIpc) is 2.96. The number of amides is 1. The van der Waals surface area contributed by atoms with Gasteiger partial charge in [-0.3, -0.25) is 4.90 Å². The zero-order valence-corrected chi connectivity index (χ0v) is 16.4. The first kappa shape index (κ1) is 17.3. The summed E-state index contributed by atoms with van der Waals surface area (Å²) in [5.41, 5.74) is 1.39. The van der Waals surface area contributed by atoms with Crippen molar-refractivity contribution >= 4 is 33.1 Å². The maximum atomic E-state index is 12.7. The molecular formula is C18H24BrN3O2. The Hall–Kier alpha value is -1.56. The molecule has 2 heterocycles. The lowest BCUT2D eigenvalue weighted by atomic mass is 9.90. The highest BCUT2D eigenvalue weighted by Gasteiger charge is 2.43. The number of carbonyl (C=O) groups is 1. The maximum absolute atomic E-state index is 12.7. The van der Waals surface area contributed by atoms with Crippen LogP contribution in [0, 0.1) is 5.41 Å². The highest BCUT2D eigenvalue weighted by molar-refractivity contribution is 9.10. The van der Waals surface area contributed by atoms with Crippen molar-refractivity contribution in [3.05, 3.63) is 28.5 Å². The Labute approximate surface area is 150 Å². The summed E-state index contributed by atoms with van der Waals surface area (Å²) in [5.74, 6) is 0.819. The fourth-order valence-corrected chi connectivity index (χ4v) is 3.55. The minimum absolute atomic E-state index is 0.0289. The van der Waals surface area contributed by atoms with Gasteiger partial charge < -0.3 is 9.72 Å². The molecule has 6 heteroatoms. The number of nitrogens with zero attached hydrogens (tertiary/aromatic N) is 2. The van der Waals surface area contributed by atoms with Crippen molar-refractivity contribution in [2.75, 3.05) is 6.54 Å². The lowest BCUT2D eigenvalue weighted by Crippen LogP contribution is -2.37. The van der Waals surface area contributed by atoms with Crippen molar-refractivity contribution in [3.63, 3.8) is 0 Å². The molecule has 1 fully saturated rings. The number of imidazole rings is 1. The average molecular weight is 394 g/mol. The van der Waals surface area contributed by atoms with Gasteiger partial charge in [-0.2, -0.15) is 0 Å². The van der Waals surface area contributed by atoms with Crippen LogP contribution in [0.1, 0.15) is 52.9 Å². The molecule has 1 amide bonds. The Morgan fingerprint density at radius 1 is 1.42 bits per heavy atom. The Morgan fingerprint density at radius 2 is 2.12 bits per heavy atom. The number of ether oxygens (including phenoxy) is 1. The number of rotatable bonds is 1. The van der Waals surface area contributed by atoms with E-state index in [-0.39, 0.29) is 17.6 Å². The molecule has 0 radical (unpaired) electrons. The molecule has 3 rings (SSSR count). The molecule has 1 atom stereocenters. The van der Waals surface area contributed by atoms with Gasteiger partial charge in [0.05, 0.1) is 17.1 Å². The first-order valence-corrected chi connectivity index (χ1v) is 8.98. The molecule has 130 valence electrons. The SMILES string of the molecule is CC1(C)CC(c2nc3ccc(Br)cc3[nH]2)N(C(=O)OC(C)(C)C)C1. The Balaban J connectivity index is 1.94. The van der Waals surface area contributed by atoms with E-state index in [2.05, 4.69) is 34.8 Å². The molecule has 1 aliphatic heterocycles. The first-order valence-electron chi connectivity index (χ1n) is 8.19. The van der Waals surface area contributed by atoms with Crippen molar-refractivity contribution in [2.24, 2.45) is 5.41 Å². The summed E-state index contributed by atoms with van der Waals surface area (Å²) in [4.78, 5) is 22.5. The van der Waals surface area contributed by atoms with Crippen molar-refractivity contribution in [1.82, 2.24) is 14.9 Å². The lowest BCUT2D eigenvalue weighted by molar-refractivity contribution is 0.0207. The van der Waals surface area contributed by atoms with Crippen LogP contribution in [0.4, 0.5) is 4.79 Å². The Morgan fingerprint density at radius 3 is 2.79 bits per heavy atom. The zero-order chi connectivity index (χ0) is 17.7. The molecule has 24 heavy (non-hydrogen) atoms. The van der Waals surface area contributed by atoms with E-state index in [1.54, 1.807) is 4.90 Å². The third kappa shape index (κ3) is 3.58. The van der Waals surface area contributed by atoms with Crippen molar-refractivity contribution in [3.8, 4) is 0 Å². The molecule has 1 N–H and O–H groups in total. The standard InChI is InChI=1S/C18H24BrN3O2/c1-17(2,3)24-16(23)22-10-18(4,5)9-14(22)15-20-12-7-6-11(19)8-13(12)21-15/h6-8,14H,9-10H2,1-5H3,(H,20,21). The van der Waals surface area contributed by atoms with E-state index in [0.717, 1.165) is 27.8 Å². The van der Waals surface area contributed by atoms with Gasteiger partial charge in [-0.25, -0.2) is 9.78 Å². The lowest BCUT2D eigenvalue weighted by Gasteiger charge is -2.28. The molecule has 1 aliphatic rings. The molecule has 5 nitrogen and oxygen atoms in total. The summed E-state index contributed by atoms with van der Waals surface area (Å²) < 4.78 is 6.60. The normalized spacial score (nSPS) is 20.6. The van der Waals surface area contributed by atoms with Gasteiger partial charge in [0.25, 0.3) is 0 Å². The van der Waals surface area contributed by atoms with Crippen LogP contribution in [-0.4, -0.2) is 33.1 Å². The van der Waals surface area contributed by atoms with E-state index < -0.39 is 5.60 Å². The second kappa shape index (κ2) is 5.76. The predicted molar refractivity (Wildman–Crippen MR) is 97.9 cm³/mol. The van der Waals surface area contributed by atoms with Crippen molar-refractivity contribution < 1.29 is 9.53 Å². The van der Waals surface area contributed by atoms with Gasteiger partial charge in [0.15, 0.2) is 0 Å². The van der Waals surface area contributed by atoms with E-state index in [1.807, 2.05) is 39.0 Å². The van der Waals surface area contributed by atoms with Gasteiger partial charge >= 0.3 is 6.09 Å². The van der Waals surface area contributed by atoms with Crippen LogP contribution in [0.5, 0.6) is 0 Å². The summed E-state index contributed by atoms with van der Waals surface area (Å²) in [5, 5.41) is 0. The Bertz CT molecular complexity index is 776. The van der Waals surface area contributed by atoms with Crippen LogP contribution in [-0.2, 0) is 4.74 Å². The number of H-pyrrole nitrogens is 1. The van der Waals surface area contributed by atoms with E-state index in [9.17, 15) is 4.79 Å². The van der Waals surface area contributed by atoms with Crippen molar-refractivity contribution in [2.45, 2.75) is 52.7 Å². The summed E-state index contributed by atoms with van der Waals surface area (Å²) in [7, 11) is 0. The van der Waals surface area contributed by atoms with E-state index in [1.165, 1.54) is 0 Å². The number of hydrogen-bond acceptors (Lipinski definition) is 3. The fraction of sp³-hybridized carbons (Fsp3) is 0.556. The number of nitrogens with one attached hydrogen (secondary N) is 1. The second-order valence-corrected chi connectivity index (χ2v) is 9.19. The van der Waals surface area contributed by atoms with E-state index in [0.29, 0.717) is 6.54 Å². The highest BCUT2D eigenvalue weighted by Crippen LogP contribution is 2.42. The van der Waals surface area contributed by atoms with Gasteiger partial charge in [-0.05, 0) is 50.8 Å². The minimum atomic E-state index is -0.507. The quantitative estimate of drug-likeness (QED) is 0.738. The maximum Gasteiger partial charge on any atom is 0.410 e. The highest BCUT2D eigenvalue weighted by atomic mass is 79.9. The van der Waals surface area contributed by atoms with Gasteiger partial charge in [-0.15, -0.1) is 0 Å². The van der Waals surface area contributed by atoms with Gasteiger partial charge in [0.1, 0.15) is 11.4 Å². The van der Waals surface area contributed by atoms with E-state index >= 15 is 0 Å². The number of aromatic amines is 1. The molecular weight excluding hydrogens is 370 g/mol. The predicted octanol–water partition coefficient (Wildman–Crippen LogP) is 5.03. The minimum Gasteiger partial charge on any atom is -0.444 e. The van der Waals surface area contributed by atoms with Crippen LogP contribution in [0.2, 0.25) is 0 Å². The van der Waals surface area contributed by atoms with Gasteiger partial charge in [0.2, 0.25) is 0 Å². The molecule has 0 spiro atoms. The van der Waals surface area contributed by atoms with Gasteiger partial charge in [0, 0.05) is 11.0 Å². The number of hydrogen-bond donors (Lipinski definition) is 1. The van der Waals surface area contributed by atoms with E-state index in [4.69, 9.17) is 9.72 Å². The van der Waals surface area contributed by atoms with Crippen LogP contribution < -0.4 is 0 Å². The summed E-state index contributed by atoms with van der Waals surface area (Å²) >= 11 is 3.48. The summed E-state index contributed by atoms with van der Waals surface area (Å²) in [6.45, 7) is 10.7. The smallest absolute Gasteiger partial charge is 0.410 e. The van der Waals surface area contributed by atoms with Crippen LogP contribution in [0.3, 0.4) is 0 Å². The number of likely N-dealkylation sites (tertiary alicyclic amines) is 1. The third-order valence-corrected chi connectivity index (χ3v) is 4.62. The van der Waals surface area contributed by atoms with Crippen molar-refractivity contribution in [1.29, 1.82) is 0 Å². The molecule has 1 saturated heterocycles. The molecule has 1 aromatic heterocycles. The fourth-order valence-electron chi connectivity index (χ4n) is 3.19. The number of fused-ring (bicyclic) bond motifs is 1. The summed E-state index contributed by atoms with van der Waals surface area (Å²) in [6.07, 6.45) is 0.576. The topological polar surface area (TPSA) is 58.2 Å². The monoisotopic (exact) mass is 393 g/mol.